The van der Waals surface area contributed by atoms with Gasteiger partial charge in [-0.15, -0.1) is 0 Å². The standard InChI is InChI=1S/C24H31N3O4/c1-30-21-16-18-10-15-27(24(29)23(28)20(18)17-22(21)31-2)14-7-12-25-11-6-13-26-19-8-4-3-5-9-19/h3-5,8-9,16-17,25-26H,6-7,10-15H2,1-2H3. The van der Waals surface area contributed by atoms with Crippen molar-refractivity contribution in [3.8, 4) is 11.5 Å². The summed E-state index contributed by atoms with van der Waals surface area (Å²) in [5.41, 5.74) is 2.36. The lowest BCUT2D eigenvalue weighted by Crippen LogP contribution is -2.37. The third-order valence-corrected chi connectivity index (χ3v) is 5.40. The van der Waals surface area contributed by atoms with E-state index < -0.39 is 11.7 Å². The molecule has 0 aliphatic carbocycles. The predicted molar refractivity (Wildman–Crippen MR) is 121 cm³/mol. The number of hydrogen-bond acceptors (Lipinski definition) is 6. The van der Waals surface area contributed by atoms with Gasteiger partial charge >= 0.3 is 0 Å². The van der Waals surface area contributed by atoms with E-state index in [1.54, 1.807) is 24.1 Å². The first-order chi connectivity index (χ1) is 15.1. The number of nitrogens with one attached hydrogen (secondary N) is 2. The van der Waals surface area contributed by atoms with Crippen LogP contribution in [0.3, 0.4) is 0 Å². The fourth-order valence-electron chi connectivity index (χ4n) is 3.69. The van der Waals surface area contributed by atoms with Crippen molar-refractivity contribution >= 4 is 17.4 Å². The highest BCUT2D eigenvalue weighted by Gasteiger charge is 2.29. The minimum atomic E-state index is -0.478. The van der Waals surface area contributed by atoms with Gasteiger partial charge in [-0.05, 0) is 62.2 Å². The molecule has 0 unspecified atom stereocenters. The molecule has 0 bridgehead atoms. The number of methoxy groups -OCH3 is 2. The molecular weight excluding hydrogens is 394 g/mol. The van der Waals surface area contributed by atoms with Crippen LogP contribution in [0.2, 0.25) is 0 Å². The van der Waals surface area contributed by atoms with E-state index in [1.807, 2.05) is 18.2 Å². The quantitative estimate of drug-likeness (QED) is 0.426. The van der Waals surface area contributed by atoms with Gasteiger partial charge in [0, 0.05) is 30.9 Å². The van der Waals surface area contributed by atoms with Crippen molar-refractivity contribution in [3.63, 3.8) is 0 Å². The summed E-state index contributed by atoms with van der Waals surface area (Å²) in [6.45, 7) is 3.69. The van der Waals surface area contributed by atoms with Crippen molar-refractivity contribution in [1.29, 1.82) is 0 Å². The number of benzene rings is 2. The summed E-state index contributed by atoms with van der Waals surface area (Å²) >= 11 is 0. The van der Waals surface area contributed by atoms with Crippen LogP contribution in [-0.2, 0) is 11.2 Å². The van der Waals surface area contributed by atoms with Crippen LogP contribution < -0.4 is 20.1 Å². The molecule has 2 aromatic carbocycles. The molecule has 166 valence electrons. The van der Waals surface area contributed by atoms with Crippen molar-refractivity contribution < 1.29 is 19.1 Å². The molecule has 1 aliphatic rings. The first kappa shape index (κ1) is 22.6. The van der Waals surface area contributed by atoms with Crippen molar-refractivity contribution in [3.05, 3.63) is 53.6 Å². The summed E-state index contributed by atoms with van der Waals surface area (Å²) in [4.78, 5) is 27.1. The molecule has 0 radical (unpaired) electrons. The van der Waals surface area contributed by atoms with E-state index in [0.29, 0.717) is 36.6 Å². The molecule has 0 saturated heterocycles. The van der Waals surface area contributed by atoms with E-state index >= 15 is 0 Å². The number of Topliss-reactive ketones (excluding diaryl/α,β-unsaturated/α-hetero) is 1. The van der Waals surface area contributed by atoms with Crippen LogP contribution >= 0.6 is 0 Å². The number of ketones is 1. The summed E-state index contributed by atoms with van der Waals surface area (Å²) < 4.78 is 10.6. The molecule has 7 heteroatoms. The molecule has 1 heterocycles. The minimum Gasteiger partial charge on any atom is -0.493 e. The molecule has 31 heavy (non-hydrogen) atoms. The zero-order chi connectivity index (χ0) is 22.1. The van der Waals surface area contributed by atoms with Crippen LogP contribution in [-0.4, -0.2) is 63.5 Å². The predicted octanol–water partition coefficient (Wildman–Crippen LogP) is 2.75. The van der Waals surface area contributed by atoms with E-state index in [-0.39, 0.29) is 0 Å². The topological polar surface area (TPSA) is 79.9 Å². The molecule has 1 amide bonds. The van der Waals surface area contributed by atoms with Gasteiger partial charge < -0.3 is 25.0 Å². The highest BCUT2D eigenvalue weighted by molar-refractivity contribution is 6.43. The van der Waals surface area contributed by atoms with Crippen LogP contribution in [0.25, 0.3) is 0 Å². The lowest BCUT2D eigenvalue weighted by Gasteiger charge is -2.19. The summed E-state index contributed by atoms with van der Waals surface area (Å²) in [5.74, 6) is 0.106. The van der Waals surface area contributed by atoms with E-state index in [0.717, 1.165) is 43.7 Å². The highest BCUT2D eigenvalue weighted by atomic mass is 16.5. The Bertz CT molecular complexity index is 886. The monoisotopic (exact) mass is 425 g/mol. The number of nitrogens with zero attached hydrogens (tertiary/aromatic N) is 1. The van der Waals surface area contributed by atoms with Gasteiger partial charge in [0.2, 0.25) is 0 Å². The molecule has 0 saturated carbocycles. The lowest BCUT2D eigenvalue weighted by atomic mass is 10.0. The molecule has 0 spiro atoms. The number of para-hydroxylation sites is 1. The summed E-state index contributed by atoms with van der Waals surface area (Å²) in [6, 6.07) is 13.6. The average molecular weight is 426 g/mol. The number of carbonyl (C=O) groups is 2. The number of rotatable bonds is 11. The van der Waals surface area contributed by atoms with E-state index in [4.69, 9.17) is 9.47 Å². The van der Waals surface area contributed by atoms with Crippen molar-refractivity contribution in [2.75, 3.05) is 52.3 Å². The Balaban J connectivity index is 1.41. The highest BCUT2D eigenvalue weighted by Crippen LogP contribution is 2.32. The Morgan fingerprint density at radius 2 is 1.65 bits per heavy atom. The number of carbonyl (C=O) groups excluding carboxylic acids is 2. The number of ether oxygens (including phenoxy) is 2. The Morgan fingerprint density at radius 1 is 0.935 bits per heavy atom. The van der Waals surface area contributed by atoms with Gasteiger partial charge in [-0.3, -0.25) is 9.59 Å². The van der Waals surface area contributed by atoms with Gasteiger partial charge in [-0.25, -0.2) is 0 Å². The maximum Gasteiger partial charge on any atom is 0.294 e. The Kier molecular flexibility index (Phi) is 8.29. The Morgan fingerprint density at radius 3 is 2.39 bits per heavy atom. The van der Waals surface area contributed by atoms with Crippen LogP contribution in [0.15, 0.2) is 42.5 Å². The van der Waals surface area contributed by atoms with Crippen molar-refractivity contribution in [2.24, 2.45) is 0 Å². The first-order valence-electron chi connectivity index (χ1n) is 10.7. The van der Waals surface area contributed by atoms with Crippen LogP contribution in [0.1, 0.15) is 28.8 Å². The molecule has 0 atom stereocenters. The molecule has 7 nitrogen and oxygen atoms in total. The Labute approximate surface area is 183 Å². The van der Waals surface area contributed by atoms with Gasteiger partial charge in [-0.2, -0.15) is 0 Å². The SMILES string of the molecule is COc1cc2c(cc1OC)C(=O)C(=O)N(CCCNCCCNc1ccccc1)CC2. The summed E-state index contributed by atoms with van der Waals surface area (Å²) in [7, 11) is 3.08. The van der Waals surface area contributed by atoms with E-state index in [9.17, 15) is 9.59 Å². The fraction of sp³-hybridized carbons (Fsp3) is 0.417. The summed E-state index contributed by atoms with van der Waals surface area (Å²) in [5, 5.41) is 6.79. The van der Waals surface area contributed by atoms with E-state index in [2.05, 4.69) is 22.8 Å². The van der Waals surface area contributed by atoms with Gasteiger partial charge in [0.05, 0.1) is 14.2 Å². The molecular formula is C24H31N3O4. The minimum absolute atomic E-state index is 0.411. The molecule has 0 aromatic heterocycles. The molecule has 1 aliphatic heterocycles. The Hall–Kier alpha value is -3.06. The second-order valence-electron chi connectivity index (χ2n) is 7.49. The number of amides is 1. The van der Waals surface area contributed by atoms with E-state index in [1.165, 1.54) is 7.11 Å². The van der Waals surface area contributed by atoms with Gasteiger partial charge in [0.25, 0.3) is 11.7 Å². The van der Waals surface area contributed by atoms with Gasteiger partial charge in [0.15, 0.2) is 11.5 Å². The molecule has 2 aromatic rings. The number of anilines is 1. The lowest BCUT2D eigenvalue weighted by molar-refractivity contribution is -0.126. The molecule has 2 N–H and O–H groups in total. The molecule has 0 fully saturated rings. The average Bonchev–Trinajstić information content (AvgIpc) is 2.92. The third kappa shape index (κ3) is 5.98. The van der Waals surface area contributed by atoms with Crippen LogP contribution in [0.5, 0.6) is 11.5 Å². The van der Waals surface area contributed by atoms with Crippen molar-refractivity contribution in [2.45, 2.75) is 19.3 Å². The van der Waals surface area contributed by atoms with Crippen LogP contribution in [0, 0.1) is 0 Å². The maximum atomic E-state index is 12.7. The zero-order valence-electron chi connectivity index (χ0n) is 18.3. The second kappa shape index (κ2) is 11.4. The third-order valence-electron chi connectivity index (χ3n) is 5.40. The smallest absolute Gasteiger partial charge is 0.294 e. The maximum absolute atomic E-state index is 12.7. The van der Waals surface area contributed by atoms with Crippen LogP contribution in [0.4, 0.5) is 5.69 Å². The second-order valence-corrected chi connectivity index (χ2v) is 7.49. The molecule has 3 rings (SSSR count). The summed E-state index contributed by atoms with van der Waals surface area (Å²) in [6.07, 6.45) is 2.43. The zero-order valence-corrected chi connectivity index (χ0v) is 18.3. The van der Waals surface area contributed by atoms with Gasteiger partial charge in [0.1, 0.15) is 0 Å². The largest absolute Gasteiger partial charge is 0.493 e. The normalized spacial score (nSPS) is 13.5. The number of fused-ring (bicyclic) bond motifs is 1. The van der Waals surface area contributed by atoms with Crippen molar-refractivity contribution in [1.82, 2.24) is 10.2 Å². The number of hydrogen-bond donors (Lipinski definition) is 2. The first-order valence-corrected chi connectivity index (χ1v) is 10.7. The van der Waals surface area contributed by atoms with Gasteiger partial charge in [-0.1, -0.05) is 18.2 Å². The fourth-order valence-corrected chi connectivity index (χ4v) is 3.69.